The molecule has 3 N–H and O–H groups in total. The summed E-state index contributed by atoms with van der Waals surface area (Å²) >= 11 is 6.08. The minimum absolute atomic E-state index is 0.0392. The molecule has 1 amide bonds. The molecule has 1 saturated heterocycles. The first-order valence-electron chi connectivity index (χ1n) is 9.26. The van der Waals surface area contributed by atoms with Crippen molar-refractivity contribution in [1.29, 1.82) is 0 Å². The van der Waals surface area contributed by atoms with Crippen molar-refractivity contribution in [3.8, 4) is 5.75 Å². The van der Waals surface area contributed by atoms with E-state index in [0.717, 1.165) is 10.9 Å². The van der Waals surface area contributed by atoms with Gasteiger partial charge in [-0.05, 0) is 23.8 Å². The van der Waals surface area contributed by atoms with E-state index < -0.39 is 17.7 Å². The second-order valence-corrected chi connectivity index (χ2v) is 7.35. The number of ketones is 1. The van der Waals surface area contributed by atoms with E-state index in [9.17, 15) is 19.8 Å². The van der Waals surface area contributed by atoms with Crippen LogP contribution in [-0.4, -0.2) is 52.0 Å². The van der Waals surface area contributed by atoms with Gasteiger partial charge in [0.1, 0.15) is 11.5 Å². The molecule has 1 unspecified atom stereocenters. The molecule has 8 heteroatoms. The normalized spacial score (nSPS) is 18.5. The van der Waals surface area contributed by atoms with Crippen LogP contribution in [0, 0.1) is 0 Å². The van der Waals surface area contributed by atoms with E-state index in [2.05, 4.69) is 4.98 Å². The Balaban J connectivity index is 1.92. The number of phenolic OH excluding ortho intramolecular Hbond substituents is 1. The highest BCUT2D eigenvalue weighted by atomic mass is 35.5. The van der Waals surface area contributed by atoms with Crippen LogP contribution in [0.2, 0.25) is 5.02 Å². The van der Waals surface area contributed by atoms with Crippen molar-refractivity contribution < 1.29 is 24.5 Å². The molecule has 0 radical (unpaired) electrons. The highest BCUT2D eigenvalue weighted by molar-refractivity contribution is 6.46. The first kappa shape index (κ1) is 20.0. The third kappa shape index (κ3) is 3.22. The lowest BCUT2D eigenvalue weighted by Gasteiger charge is -2.25. The van der Waals surface area contributed by atoms with Crippen molar-refractivity contribution in [2.75, 3.05) is 20.3 Å². The number of ether oxygens (including phenoxy) is 1. The zero-order valence-electron chi connectivity index (χ0n) is 16.1. The third-order valence-electron chi connectivity index (χ3n) is 5.21. The summed E-state index contributed by atoms with van der Waals surface area (Å²) in [7, 11) is 1.50. The molecule has 1 aromatic heterocycles. The maximum Gasteiger partial charge on any atom is 0.295 e. The first-order chi connectivity index (χ1) is 14.4. The van der Waals surface area contributed by atoms with E-state index in [0.29, 0.717) is 11.1 Å². The number of aliphatic hydroxyl groups is 1. The highest BCUT2D eigenvalue weighted by Crippen LogP contribution is 2.41. The highest BCUT2D eigenvalue weighted by Gasteiger charge is 2.46. The van der Waals surface area contributed by atoms with Gasteiger partial charge in [-0.25, -0.2) is 0 Å². The first-order valence-corrected chi connectivity index (χ1v) is 9.64. The van der Waals surface area contributed by atoms with E-state index >= 15 is 0 Å². The van der Waals surface area contributed by atoms with Crippen LogP contribution in [0.3, 0.4) is 0 Å². The van der Waals surface area contributed by atoms with Crippen molar-refractivity contribution >= 4 is 40.0 Å². The molecule has 2 aromatic carbocycles. The van der Waals surface area contributed by atoms with E-state index in [1.807, 2.05) is 24.3 Å². The molecule has 0 aliphatic carbocycles. The Morgan fingerprint density at radius 3 is 2.73 bits per heavy atom. The predicted octanol–water partition coefficient (Wildman–Crippen LogP) is 3.60. The molecular weight excluding hydrogens is 408 g/mol. The number of phenols is 1. The van der Waals surface area contributed by atoms with Crippen LogP contribution in [0.5, 0.6) is 5.75 Å². The van der Waals surface area contributed by atoms with E-state index in [1.165, 1.54) is 24.1 Å². The van der Waals surface area contributed by atoms with Gasteiger partial charge >= 0.3 is 0 Å². The van der Waals surface area contributed by atoms with E-state index in [-0.39, 0.29) is 35.3 Å². The molecule has 30 heavy (non-hydrogen) atoms. The van der Waals surface area contributed by atoms with Gasteiger partial charge in [0.2, 0.25) is 0 Å². The molecule has 3 aromatic rings. The molecular formula is C22H19ClN2O5. The quantitative estimate of drug-likeness (QED) is 0.328. The van der Waals surface area contributed by atoms with Crippen LogP contribution in [0.1, 0.15) is 17.2 Å². The van der Waals surface area contributed by atoms with Crippen molar-refractivity contribution in [2.45, 2.75) is 6.04 Å². The lowest BCUT2D eigenvalue weighted by Crippen LogP contribution is -2.32. The van der Waals surface area contributed by atoms with Crippen LogP contribution in [-0.2, 0) is 14.3 Å². The molecule has 1 atom stereocenters. The van der Waals surface area contributed by atoms with Gasteiger partial charge < -0.3 is 24.8 Å². The van der Waals surface area contributed by atoms with Crippen molar-refractivity contribution in [1.82, 2.24) is 9.88 Å². The fraction of sp³-hybridized carbons (Fsp3) is 0.182. The van der Waals surface area contributed by atoms with Gasteiger partial charge in [-0.1, -0.05) is 35.9 Å². The summed E-state index contributed by atoms with van der Waals surface area (Å²) in [6.45, 7) is 0.358. The number of carbonyl (C=O) groups excluding carboxylic acids is 2. The summed E-state index contributed by atoms with van der Waals surface area (Å²) in [5, 5.41) is 21.7. The largest absolute Gasteiger partial charge is 0.507 e. The number of Topliss-reactive ketones (excluding diaryl/α,β-unsaturated/α-hetero) is 1. The Morgan fingerprint density at radius 2 is 2.00 bits per heavy atom. The standard InChI is InChI=1S/C22H19ClN2O5/c1-30-9-8-25-19(12-6-7-17(26)15(23)10-12)18(21(28)22(25)29)20(27)14-11-24-16-5-3-2-4-13(14)16/h2-7,10-11,19,24,26-27H,8-9H2,1H3/b20-18-. The summed E-state index contributed by atoms with van der Waals surface area (Å²) < 4.78 is 5.09. The van der Waals surface area contributed by atoms with Crippen LogP contribution in [0.15, 0.2) is 54.2 Å². The predicted molar refractivity (Wildman–Crippen MR) is 112 cm³/mol. The van der Waals surface area contributed by atoms with E-state index in [4.69, 9.17) is 16.3 Å². The van der Waals surface area contributed by atoms with Crippen LogP contribution < -0.4 is 0 Å². The lowest BCUT2D eigenvalue weighted by atomic mass is 9.95. The van der Waals surface area contributed by atoms with Gasteiger partial charge in [0.05, 0.1) is 23.2 Å². The number of rotatable bonds is 5. The number of halogens is 1. The molecule has 1 aliphatic rings. The molecule has 2 heterocycles. The number of aliphatic hydroxyl groups excluding tert-OH is 1. The molecule has 7 nitrogen and oxygen atoms in total. The average molecular weight is 427 g/mol. The number of para-hydroxylation sites is 1. The summed E-state index contributed by atoms with van der Waals surface area (Å²) in [5.74, 6) is -1.92. The van der Waals surface area contributed by atoms with Crippen molar-refractivity contribution in [3.05, 3.63) is 70.4 Å². The summed E-state index contributed by atoms with van der Waals surface area (Å²) in [4.78, 5) is 30.1. The molecule has 0 bridgehead atoms. The topological polar surface area (TPSA) is 103 Å². The fourth-order valence-electron chi connectivity index (χ4n) is 3.75. The van der Waals surface area contributed by atoms with Gasteiger partial charge in [0.15, 0.2) is 0 Å². The molecule has 154 valence electrons. The number of likely N-dealkylation sites (tertiary alicyclic amines) is 1. The number of methoxy groups -OCH3 is 1. The number of aromatic amines is 1. The smallest absolute Gasteiger partial charge is 0.295 e. The Morgan fingerprint density at radius 1 is 1.23 bits per heavy atom. The number of aromatic hydroxyl groups is 1. The van der Waals surface area contributed by atoms with Gasteiger partial charge in [0, 0.05) is 36.3 Å². The number of carbonyl (C=O) groups is 2. The average Bonchev–Trinajstić information content (AvgIpc) is 3.28. The lowest BCUT2D eigenvalue weighted by molar-refractivity contribution is -0.140. The van der Waals surface area contributed by atoms with Crippen molar-refractivity contribution in [3.63, 3.8) is 0 Å². The Bertz CT molecular complexity index is 1180. The SMILES string of the molecule is COCCN1C(=O)C(=O)/C(=C(\O)c2c[nH]c3ccccc23)C1c1ccc(O)c(Cl)c1. The Labute approximate surface area is 177 Å². The number of benzene rings is 2. The number of nitrogens with zero attached hydrogens (tertiary/aromatic N) is 1. The maximum atomic E-state index is 12.9. The number of nitrogens with one attached hydrogen (secondary N) is 1. The number of H-pyrrole nitrogens is 1. The summed E-state index contributed by atoms with van der Waals surface area (Å²) in [5.41, 5.74) is 1.67. The zero-order valence-corrected chi connectivity index (χ0v) is 16.8. The zero-order chi connectivity index (χ0) is 21.4. The van der Waals surface area contributed by atoms with Gasteiger partial charge in [-0.15, -0.1) is 0 Å². The Hall–Kier alpha value is -3.29. The fourth-order valence-corrected chi connectivity index (χ4v) is 3.94. The van der Waals surface area contributed by atoms with E-state index in [1.54, 1.807) is 12.3 Å². The third-order valence-corrected chi connectivity index (χ3v) is 5.51. The summed E-state index contributed by atoms with van der Waals surface area (Å²) in [6, 6.07) is 10.9. The number of amides is 1. The molecule has 1 aliphatic heterocycles. The van der Waals surface area contributed by atoms with Gasteiger partial charge in [-0.3, -0.25) is 9.59 Å². The second kappa shape index (κ2) is 7.85. The van der Waals surface area contributed by atoms with Gasteiger partial charge in [0.25, 0.3) is 11.7 Å². The van der Waals surface area contributed by atoms with Crippen LogP contribution in [0.4, 0.5) is 0 Å². The minimum Gasteiger partial charge on any atom is -0.507 e. The van der Waals surface area contributed by atoms with Gasteiger partial charge in [-0.2, -0.15) is 0 Å². The number of aromatic nitrogens is 1. The Kier molecular flexibility index (Phi) is 5.24. The molecule has 0 saturated carbocycles. The second-order valence-electron chi connectivity index (χ2n) is 6.94. The molecule has 1 fully saturated rings. The van der Waals surface area contributed by atoms with Crippen LogP contribution >= 0.6 is 11.6 Å². The van der Waals surface area contributed by atoms with Crippen LogP contribution in [0.25, 0.3) is 16.7 Å². The maximum absolute atomic E-state index is 12.9. The number of fused-ring (bicyclic) bond motifs is 1. The number of hydrogen-bond donors (Lipinski definition) is 3. The monoisotopic (exact) mass is 426 g/mol. The molecule has 0 spiro atoms. The summed E-state index contributed by atoms with van der Waals surface area (Å²) in [6.07, 6.45) is 1.60. The number of hydrogen-bond acceptors (Lipinski definition) is 5. The molecule has 4 rings (SSSR count). The minimum atomic E-state index is -0.869. The van der Waals surface area contributed by atoms with Crippen molar-refractivity contribution in [2.24, 2.45) is 0 Å².